The quantitative estimate of drug-likeness (QED) is 0.827. The average Bonchev–Trinajstić information content (AvgIpc) is 2.62. The molecule has 0 atom stereocenters. The van der Waals surface area contributed by atoms with E-state index in [2.05, 4.69) is 5.16 Å². The molecule has 1 aromatic heterocycles. The standard InChI is InChI=1S/C11H19N3O2/c1-8-5-9(13-16-8)6-14(4)10(15)11(2,3)7-12/h5H,6-7,12H2,1-4H3. The van der Waals surface area contributed by atoms with E-state index in [9.17, 15) is 4.79 Å². The van der Waals surface area contributed by atoms with E-state index in [4.69, 9.17) is 10.3 Å². The number of hydrogen-bond donors (Lipinski definition) is 1. The molecule has 0 saturated heterocycles. The normalized spacial score (nSPS) is 11.6. The Labute approximate surface area is 95.6 Å². The van der Waals surface area contributed by atoms with Crippen LogP contribution in [0.3, 0.4) is 0 Å². The van der Waals surface area contributed by atoms with E-state index in [1.165, 1.54) is 0 Å². The molecule has 1 heterocycles. The average molecular weight is 225 g/mol. The molecule has 0 spiro atoms. The van der Waals surface area contributed by atoms with Crippen LogP contribution in [0.15, 0.2) is 10.6 Å². The van der Waals surface area contributed by atoms with Crippen LogP contribution >= 0.6 is 0 Å². The Morgan fingerprint density at radius 3 is 2.69 bits per heavy atom. The second-order valence-corrected chi connectivity index (χ2v) is 4.68. The van der Waals surface area contributed by atoms with Crippen LogP contribution in [0.2, 0.25) is 0 Å². The van der Waals surface area contributed by atoms with Crippen molar-refractivity contribution >= 4 is 5.91 Å². The summed E-state index contributed by atoms with van der Waals surface area (Å²) in [7, 11) is 1.74. The van der Waals surface area contributed by atoms with Crippen molar-refractivity contribution in [3.63, 3.8) is 0 Å². The minimum atomic E-state index is -0.534. The fraction of sp³-hybridized carbons (Fsp3) is 0.636. The maximum absolute atomic E-state index is 12.0. The molecule has 2 N–H and O–H groups in total. The van der Waals surface area contributed by atoms with Crippen LogP contribution in [0.4, 0.5) is 0 Å². The van der Waals surface area contributed by atoms with Gasteiger partial charge in [-0.2, -0.15) is 0 Å². The largest absolute Gasteiger partial charge is 0.361 e. The summed E-state index contributed by atoms with van der Waals surface area (Å²) >= 11 is 0. The van der Waals surface area contributed by atoms with Crippen molar-refractivity contribution in [2.24, 2.45) is 11.1 Å². The van der Waals surface area contributed by atoms with Crippen molar-refractivity contribution in [1.29, 1.82) is 0 Å². The SMILES string of the molecule is Cc1cc(CN(C)C(=O)C(C)(C)CN)no1. The molecule has 0 bridgehead atoms. The van der Waals surface area contributed by atoms with Crippen LogP contribution in [-0.2, 0) is 11.3 Å². The van der Waals surface area contributed by atoms with E-state index in [0.29, 0.717) is 13.1 Å². The molecule has 0 aliphatic carbocycles. The molecule has 1 amide bonds. The lowest BCUT2D eigenvalue weighted by atomic mass is 9.92. The summed E-state index contributed by atoms with van der Waals surface area (Å²) in [6, 6.07) is 1.82. The van der Waals surface area contributed by atoms with Gasteiger partial charge in [0.25, 0.3) is 0 Å². The van der Waals surface area contributed by atoms with E-state index in [1.807, 2.05) is 26.8 Å². The van der Waals surface area contributed by atoms with E-state index >= 15 is 0 Å². The van der Waals surface area contributed by atoms with Gasteiger partial charge in [-0.15, -0.1) is 0 Å². The summed E-state index contributed by atoms with van der Waals surface area (Å²) in [5, 5.41) is 3.85. The monoisotopic (exact) mass is 225 g/mol. The first kappa shape index (κ1) is 12.7. The lowest BCUT2D eigenvalue weighted by Gasteiger charge is -2.27. The van der Waals surface area contributed by atoms with Gasteiger partial charge in [0.1, 0.15) is 11.5 Å². The molecular formula is C11H19N3O2. The van der Waals surface area contributed by atoms with Crippen LogP contribution in [-0.4, -0.2) is 29.6 Å². The molecule has 0 aliphatic rings. The van der Waals surface area contributed by atoms with Gasteiger partial charge in [0.15, 0.2) is 0 Å². The van der Waals surface area contributed by atoms with Crippen LogP contribution in [0.5, 0.6) is 0 Å². The van der Waals surface area contributed by atoms with Gasteiger partial charge in [0.05, 0.1) is 12.0 Å². The molecule has 0 fully saturated rings. The summed E-state index contributed by atoms with van der Waals surface area (Å²) in [5.41, 5.74) is 5.78. The second kappa shape index (κ2) is 4.65. The Hall–Kier alpha value is -1.36. The number of amides is 1. The fourth-order valence-corrected chi connectivity index (χ4v) is 1.41. The highest BCUT2D eigenvalue weighted by molar-refractivity contribution is 5.81. The van der Waals surface area contributed by atoms with E-state index < -0.39 is 5.41 Å². The first-order valence-corrected chi connectivity index (χ1v) is 5.24. The number of aromatic nitrogens is 1. The highest BCUT2D eigenvalue weighted by atomic mass is 16.5. The van der Waals surface area contributed by atoms with E-state index in [0.717, 1.165) is 11.5 Å². The third kappa shape index (κ3) is 2.82. The fourth-order valence-electron chi connectivity index (χ4n) is 1.41. The lowest BCUT2D eigenvalue weighted by Crippen LogP contribution is -2.42. The maximum Gasteiger partial charge on any atom is 0.229 e. The highest BCUT2D eigenvalue weighted by Gasteiger charge is 2.29. The summed E-state index contributed by atoms with van der Waals surface area (Å²) < 4.78 is 4.94. The van der Waals surface area contributed by atoms with Gasteiger partial charge in [-0.25, -0.2) is 0 Å². The molecule has 16 heavy (non-hydrogen) atoms. The summed E-state index contributed by atoms with van der Waals surface area (Å²) in [4.78, 5) is 13.6. The number of hydrogen-bond acceptors (Lipinski definition) is 4. The van der Waals surface area contributed by atoms with E-state index in [1.54, 1.807) is 11.9 Å². The van der Waals surface area contributed by atoms with Crippen molar-refractivity contribution in [2.75, 3.05) is 13.6 Å². The first-order chi connectivity index (χ1) is 7.36. The molecule has 1 rings (SSSR count). The Morgan fingerprint density at radius 2 is 2.25 bits per heavy atom. The Balaban J connectivity index is 2.65. The van der Waals surface area contributed by atoms with E-state index in [-0.39, 0.29) is 5.91 Å². The zero-order valence-corrected chi connectivity index (χ0v) is 10.3. The third-order valence-corrected chi connectivity index (χ3v) is 2.51. The summed E-state index contributed by atoms with van der Waals surface area (Å²) in [6.07, 6.45) is 0. The van der Waals surface area contributed by atoms with Gasteiger partial charge in [0.2, 0.25) is 5.91 Å². The smallest absolute Gasteiger partial charge is 0.229 e. The maximum atomic E-state index is 12.0. The predicted octanol–water partition coefficient (Wildman–Crippen LogP) is 0.926. The van der Waals surface area contributed by atoms with Crippen LogP contribution in [0.1, 0.15) is 25.3 Å². The number of rotatable bonds is 4. The summed E-state index contributed by atoms with van der Waals surface area (Å²) in [5.74, 6) is 0.754. The van der Waals surface area contributed by atoms with Crippen LogP contribution < -0.4 is 5.73 Å². The van der Waals surface area contributed by atoms with Crippen LogP contribution in [0, 0.1) is 12.3 Å². The lowest BCUT2D eigenvalue weighted by molar-refractivity contribution is -0.139. The van der Waals surface area contributed by atoms with Gasteiger partial charge in [-0.1, -0.05) is 5.16 Å². The summed E-state index contributed by atoms with van der Waals surface area (Å²) in [6.45, 7) is 6.26. The number of nitrogens with two attached hydrogens (primary N) is 1. The third-order valence-electron chi connectivity index (χ3n) is 2.51. The van der Waals surface area contributed by atoms with Crippen molar-refractivity contribution < 1.29 is 9.32 Å². The molecule has 1 aromatic rings. The number of carbonyl (C=O) groups is 1. The molecule has 5 nitrogen and oxygen atoms in total. The van der Waals surface area contributed by atoms with Crippen molar-refractivity contribution in [3.05, 3.63) is 17.5 Å². The molecule has 0 aliphatic heterocycles. The minimum Gasteiger partial charge on any atom is -0.361 e. The van der Waals surface area contributed by atoms with Crippen molar-refractivity contribution in [2.45, 2.75) is 27.3 Å². The number of carbonyl (C=O) groups excluding carboxylic acids is 1. The Morgan fingerprint density at radius 1 is 1.62 bits per heavy atom. The van der Waals surface area contributed by atoms with Gasteiger partial charge in [0, 0.05) is 19.7 Å². The topological polar surface area (TPSA) is 72.4 Å². The molecule has 0 radical (unpaired) electrons. The second-order valence-electron chi connectivity index (χ2n) is 4.68. The first-order valence-electron chi connectivity index (χ1n) is 5.24. The molecule has 90 valence electrons. The van der Waals surface area contributed by atoms with Gasteiger partial charge in [-0.05, 0) is 20.8 Å². The van der Waals surface area contributed by atoms with Crippen molar-refractivity contribution in [1.82, 2.24) is 10.1 Å². The van der Waals surface area contributed by atoms with Crippen LogP contribution in [0.25, 0.3) is 0 Å². The van der Waals surface area contributed by atoms with Crippen molar-refractivity contribution in [3.8, 4) is 0 Å². The zero-order chi connectivity index (χ0) is 12.3. The molecule has 0 aromatic carbocycles. The predicted molar refractivity (Wildman–Crippen MR) is 60.5 cm³/mol. The van der Waals surface area contributed by atoms with Gasteiger partial charge in [-0.3, -0.25) is 4.79 Å². The Kier molecular flexibility index (Phi) is 3.70. The Bertz CT molecular complexity index is 371. The number of aryl methyl sites for hydroxylation is 1. The molecule has 0 saturated carbocycles. The number of nitrogens with zero attached hydrogens (tertiary/aromatic N) is 2. The molecule has 0 unspecified atom stereocenters. The molecular weight excluding hydrogens is 206 g/mol. The van der Waals surface area contributed by atoms with Gasteiger partial charge >= 0.3 is 0 Å². The molecule has 5 heteroatoms. The minimum absolute atomic E-state index is 0.00986. The highest BCUT2D eigenvalue weighted by Crippen LogP contribution is 2.17. The zero-order valence-electron chi connectivity index (χ0n) is 10.3. The van der Waals surface area contributed by atoms with Gasteiger partial charge < -0.3 is 15.2 Å².